The highest BCUT2D eigenvalue weighted by Crippen LogP contribution is 2.01. The van der Waals surface area contributed by atoms with Crippen molar-refractivity contribution in [2.75, 3.05) is 6.54 Å². The maximum absolute atomic E-state index is 11.7. The second-order valence-corrected chi connectivity index (χ2v) is 5.11. The molecule has 0 radical (unpaired) electrons. The minimum Gasteiger partial charge on any atom is -0.445 e. The smallest absolute Gasteiger partial charge is 0.407 e. The fraction of sp³-hybridized carbons (Fsp3) is 0.400. The van der Waals surface area contributed by atoms with E-state index < -0.39 is 23.9 Å². The first-order valence-corrected chi connectivity index (χ1v) is 6.93. The lowest BCUT2D eigenvalue weighted by Gasteiger charge is -2.18. The molecule has 7 nitrogen and oxygen atoms in total. The number of hydrogen-bond donors (Lipinski definition) is 3. The molecule has 0 aliphatic carbocycles. The highest BCUT2D eigenvalue weighted by molar-refractivity contribution is 5.88. The van der Waals surface area contributed by atoms with Gasteiger partial charge in [0.05, 0.1) is 0 Å². The number of amides is 3. The number of nitrogens with two attached hydrogens (primary N) is 1. The molecule has 0 unspecified atom stereocenters. The molecule has 22 heavy (non-hydrogen) atoms. The van der Waals surface area contributed by atoms with E-state index in [0.29, 0.717) is 0 Å². The van der Waals surface area contributed by atoms with Gasteiger partial charge in [0.1, 0.15) is 19.2 Å². The van der Waals surface area contributed by atoms with E-state index in [-0.39, 0.29) is 19.1 Å². The van der Waals surface area contributed by atoms with Gasteiger partial charge in [0.25, 0.3) is 0 Å². The van der Waals surface area contributed by atoms with Crippen molar-refractivity contribution in [2.45, 2.75) is 26.5 Å². The van der Waals surface area contributed by atoms with Crippen LogP contribution in [0, 0.1) is 5.92 Å². The Balaban J connectivity index is 2.31. The quantitative estimate of drug-likeness (QED) is 0.682. The van der Waals surface area contributed by atoms with E-state index in [2.05, 4.69) is 10.6 Å². The van der Waals surface area contributed by atoms with Gasteiger partial charge in [-0.15, -0.1) is 0 Å². The van der Waals surface area contributed by atoms with Crippen molar-refractivity contribution in [2.24, 2.45) is 11.7 Å². The molecule has 1 aromatic carbocycles. The lowest BCUT2D eigenvalue weighted by atomic mass is 10.0. The van der Waals surface area contributed by atoms with Crippen LogP contribution in [0.4, 0.5) is 4.79 Å². The average Bonchev–Trinajstić information content (AvgIpc) is 2.49. The van der Waals surface area contributed by atoms with Gasteiger partial charge >= 0.3 is 6.09 Å². The van der Waals surface area contributed by atoms with Crippen LogP contribution in [0.3, 0.4) is 0 Å². The van der Waals surface area contributed by atoms with Crippen LogP contribution in [0.2, 0.25) is 0 Å². The molecule has 0 saturated heterocycles. The molecule has 0 fully saturated rings. The fourth-order valence-corrected chi connectivity index (χ4v) is 1.72. The minimum absolute atomic E-state index is 0.115. The lowest BCUT2D eigenvalue weighted by Crippen LogP contribution is -2.50. The summed E-state index contributed by atoms with van der Waals surface area (Å²) >= 11 is 0. The summed E-state index contributed by atoms with van der Waals surface area (Å²) in [5.41, 5.74) is 6.03. The number of primary amides is 1. The van der Waals surface area contributed by atoms with Crippen LogP contribution in [-0.4, -0.2) is 30.5 Å². The number of carbonyl (C=O) groups excluding carboxylic acids is 3. The molecular weight excluding hydrogens is 286 g/mol. The van der Waals surface area contributed by atoms with Crippen molar-refractivity contribution in [1.29, 1.82) is 0 Å². The third-order valence-corrected chi connectivity index (χ3v) is 2.90. The predicted octanol–water partition coefficient (Wildman–Crippen LogP) is 0.539. The third-order valence-electron chi connectivity index (χ3n) is 2.90. The fourth-order valence-electron chi connectivity index (χ4n) is 1.72. The third kappa shape index (κ3) is 6.25. The zero-order valence-electron chi connectivity index (χ0n) is 12.7. The van der Waals surface area contributed by atoms with Crippen molar-refractivity contribution < 1.29 is 19.1 Å². The summed E-state index contributed by atoms with van der Waals surface area (Å²) in [6.45, 7) is 3.35. The maximum atomic E-state index is 11.7. The van der Waals surface area contributed by atoms with Crippen LogP contribution in [-0.2, 0) is 20.9 Å². The molecule has 0 heterocycles. The molecule has 1 atom stereocenters. The van der Waals surface area contributed by atoms with E-state index >= 15 is 0 Å². The van der Waals surface area contributed by atoms with Gasteiger partial charge in [-0.3, -0.25) is 9.59 Å². The number of benzene rings is 1. The van der Waals surface area contributed by atoms with Crippen molar-refractivity contribution in [3.05, 3.63) is 35.9 Å². The Labute approximate surface area is 129 Å². The Bertz CT molecular complexity index is 517. The molecule has 0 saturated carbocycles. The minimum atomic E-state index is -0.769. The molecule has 0 bridgehead atoms. The van der Waals surface area contributed by atoms with E-state index in [1.165, 1.54) is 0 Å². The molecule has 4 N–H and O–H groups in total. The Hall–Kier alpha value is -2.57. The van der Waals surface area contributed by atoms with Gasteiger partial charge in [0, 0.05) is 0 Å². The van der Waals surface area contributed by atoms with Gasteiger partial charge in [0.15, 0.2) is 0 Å². The second-order valence-electron chi connectivity index (χ2n) is 5.11. The molecule has 3 amide bonds. The number of carbonyl (C=O) groups is 3. The number of rotatable bonds is 7. The Morgan fingerprint density at radius 1 is 1.18 bits per heavy atom. The van der Waals surface area contributed by atoms with E-state index in [0.717, 1.165) is 5.56 Å². The number of ether oxygens (including phenoxy) is 1. The van der Waals surface area contributed by atoms with Crippen molar-refractivity contribution in [1.82, 2.24) is 10.6 Å². The molecule has 0 spiro atoms. The maximum Gasteiger partial charge on any atom is 0.407 e. The van der Waals surface area contributed by atoms with E-state index in [1.807, 2.05) is 30.3 Å². The number of hydrogen-bond acceptors (Lipinski definition) is 4. The summed E-state index contributed by atoms with van der Waals surface area (Å²) in [5.74, 6) is -1.25. The van der Waals surface area contributed by atoms with Gasteiger partial charge in [-0.1, -0.05) is 44.2 Å². The molecule has 7 heteroatoms. The van der Waals surface area contributed by atoms with Crippen LogP contribution in [0.5, 0.6) is 0 Å². The first kappa shape index (κ1) is 17.5. The van der Waals surface area contributed by atoms with E-state index in [4.69, 9.17) is 10.5 Å². The van der Waals surface area contributed by atoms with Crippen LogP contribution in [0.25, 0.3) is 0 Å². The standard InChI is InChI=1S/C15H21N3O4/c1-10(2)13(14(16)20)18-12(19)8-17-15(21)22-9-11-6-4-3-5-7-11/h3-7,10,13H,8-9H2,1-2H3,(H2,16,20)(H,17,21)(H,18,19)/t13-/m0/s1. The van der Waals surface area contributed by atoms with Crippen LogP contribution in [0.1, 0.15) is 19.4 Å². The molecule has 0 aliphatic heterocycles. The van der Waals surface area contributed by atoms with Gasteiger partial charge in [0.2, 0.25) is 11.8 Å². The van der Waals surface area contributed by atoms with Gasteiger partial charge < -0.3 is 21.1 Å². The van der Waals surface area contributed by atoms with Gasteiger partial charge in [-0.2, -0.15) is 0 Å². The molecular formula is C15H21N3O4. The van der Waals surface area contributed by atoms with Crippen molar-refractivity contribution in [3.8, 4) is 0 Å². The zero-order valence-corrected chi connectivity index (χ0v) is 12.7. The summed E-state index contributed by atoms with van der Waals surface area (Å²) in [5, 5.41) is 4.77. The molecule has 0 aliphatic rings. The summed E-state index contributed by atoms with van der Waals surface area (Å²) in [4.78, 5) is 34.3. The van der Waals surface area contributed by atoms with Crippen LogP contribution in [0.15, 0.2) is 30.3 Å². The van der Waals surface area contributed by atoms with Crippen LogP contribution >= 0.6 is 0 Å². The molecule has 0 aromatic heterocycles. The first-order chi connectivity index (χ1) is 10.4. The zero-order chi connectivity index (χ0) is 16.5. The summed E-state index contributed by atoms with van der Waals surface area (Å²) in [6, 6.07) is 8.40. The van der Waals surface area contributed by atoms with E-state index in [9.17, 15) is 14.4 Å². The summed E-state index contributed by atoms with van der Waals surface area (Å²) < 4.78 is 4.96. The summed E-state index contributed by atoms with van der Waals surface area (Å²) in [6.07, 6.45) is -0.709. The molecule has 1 rings (SSSR count). The second kappa shape index (κ2) is 8.66. The Morgan fingerprint density at radius 3 is 2.36 bits per heavy atom. The highest BCUT2D eigenvalue weighted by atomic mass is 16.5. The van der Waals surface area contributed by atoms with Gasteiger partial charge in [-0.05, 0) is 11.5 Å². The lowest BCUT2D eigenvalue weighted by molar-refractivity contribution is -0.127. The monoisotopic (exact) mass is 307 g/mol. The SMILES string of the molecule is CC(C)[C@H](NC(=O)CNC(=O)OCc1ccccc1)C(N)=O. The van der Waals surface area contributed by atoms with E-state index in [1.54, 1.807) is 13.8 Å². The molecule has 1 aromatic rings. The predicted molar refractivity (Wildman–Crippen MR) is 80.6 cm³/mol. The normalized spacial score (nSPS) is 11.6. The summed E-state index contributed by atoms with van der Waals surface area (Å²) in [7, 11) is 0. The largest absolute Gasteiger partial charge is 0.445 e. The number of alkyl carbamates (subject to hydrolysis) is 1. The highest BCUT2D eigenvalue weighted by Gasteiger charge is 2.21. The first-order valence-electron chi connectivity index (χ1n) is 6.93. The van der Waals surface area contributed by atoms with Crippen molar-refractivity contribution >= 4 is 17.9 Å². The Morgan fingerprint density at radius 2 is 1.82 bits per heavy atom. The molecule has 120 valence electrons. The Kier molecular flexibility index (Phi) is 6.88. The average molecular weight is 307 g/mol. The number of nitrogens with one attached hydrogen (secondary N) is 2. The van der Waals surface area contributed by atoms with Gasteiger partial charge in [-0.25, -0.2) is 4.79 Å². The van der Waals surface area contributed by atoms with Crippen molar-refractivity contribution in [3.63, 3.8) is 0 Å². The topological polar surface area (TPSA) is 111 Å². The van der Waals surface area contributed by atoms with Crippen LogP contribution < -0.4 is 16.4 Å².